The molecule has 0 saturated heterocycles. The summed E-state index contributed by atoms with van der Waals surface area (Å²) >= 11 is 0. The first-order valence-corrected chi connectivity index (χ1v) is 19.8. The molecule has 2 aromatic carbocycles. The number of aromatic hydroxyl groups is 1. The average Bonchev–Trinajstić information content (AvgIpc) is 3.22. The van der Waals surface area contributed by atoms with Crippen LogP contribution in [-0.2, 0) is 54.4 Å². The van der Waals surface area contributed by atoms with Gasteiger partial charge in [-0.2, -0.15) is 0 Å². The Hall–Kier alpha value is -7.86. The van der Waals surface area contributed by atoms with Gasteiger partial charge in [-0.3, -0.25) is 48.5 Å². The summed E-state index contributed by atoms with van der Waals surface area (Å²) in [5.74, 6) is -13.8. The number of amides is 5. The van der Waals surface area contributed by atoms with Crippen molar-refractivity contribution in [2.75, 3.05) is 0 Å². The number of benzene rings is 2. The van der Waals surface area contributed by atoms with Crippen LogP contribution in [0.1, 0.15) is 82.9 Å². The van der Waals surface area contributed by atoms with E-state index in [1.165, 1.54) is 31.2 Å². The van der Waals surface area contributed by atoms with E-state index in [-0.39, 0.29) is 24.2 Å². The van der Waals surface area contributed by atoms with Crippen LogP contribution in [0.5, 0.6) is 11.5 Å². The number of phenolic OH excluding ortho intramolecular Hbond substituents is 1. The summed E-state index contributed by atoms with van der Waals surface area (Å²) in [6, 6.07) is 0.132. The van der Waals surface area contributed by atoms with Crippen LogP contribution in [0.4, 0.5) is 5.69 Å². The number of nitrogens with zero attached hydrogens (tertiary/aromatic N) is 1. The van der Waals surface area contributed by atoms with Crippen molar-refractivity contribution in [2.24, 2.45) is 5.92 Å². The van der Waals surface area contributed by atoms with E-state index < -0.39 is 156 Å². The number of rotatable bonds is 28. The highest BCUT2D eigenvalue weighted by Crippen LogP contribution is 2.31. The third-order valence-corrected chi connectivity index (χ3v) is 9.65. The van der Waals surface area contributed by atoms with Gasteiger partial charge in [-0.25, -0.2) is 9.59 Å². The molecule has 1 unspecified atom stereocenters. The minimum Gasteiger partial charge on any atom is -0.502 e. The summed E-state index contributed by atoms with van der Waals surface area (Å²) < 4.78 is 5.54. The van der Waals surface area contributed by atoms with E-state index in [4.69, 9.17) is 9.84 Å². The predicted molar refractivity (Wildman–Crippen MR) is 219 cm³/mol. The summed E-state index contributed by atoms with van der Waals surface area (Å²) in [5, 5.41) is 79.6. The number of nitro benzene ring substituents is 1. The Bertz CT molecular complexity index is 2110. The van der Waals surface area contributed by atoms with Crippen LogP contribution >= 0.6 is 0 Å². The number of carbonyl (C=O) groups is 10. The normalized spacial score (nSPS) is 14.0. The second kappa shape index (κ2) is 25.3. The Labute approximate surface area is 369 Å². The van der Waals surface area contributed by atoms with Crippen molar-refractivity contribution >= 4 is 65.1 Å². The Balaban J connectivity index is 2.36. The van der Waals surface area contributed by atoms with E-state index in [0.717, 1.165) is 25.1 Å². The van der Waals surface area contributed by atoms with Crippen molar-refractivity contribution in [2.45, 2.75) is 108 Å². The van der Waals surface area contributed by atoms with Crippen molar-refractivity contribution < 1.29 is 88.2 Å². The number of ether oxygens (including phenoxy) is 1. The topological polar surface area (TPSA) is 405 Å². The fraction of sp³-hybridized carbons (Fsp3) is 0.450. The largest absolute Gasteiger partial charge is 0.502 e. The molecule has 0 radical (unpaired) electrons. The number of nitrogens with one attached hydrogen (secondary N) is 5. The summed E-state index contributed by atoms with van der Waals surface area (Å²) in [6.45, 7) is 4.21. The lowest BCUT2D eigenvalue weighted by molar-refractivity contribution is -0.386. The van der Waals surface area contributed by atoms with Gasteiger partial charge in [-0.1, -0.05) is 38.5 Å². The molecule has 0 heterocycles. The molecule has 0 aliphatic carbocycles. The minimum absolute atomic E-state index is 0.0550. The molecule has 0 fully saturated rings. The van der Waals surface area contributed by atoms with Crippen LogP contribution in [0.3, 0.4) is 0 Å². The highest BCUT2D eigenvalue weighted by Gasteiger charge is 2.35. The number of aliphatic carboxylic acids is 5. The summed E-state index contributed by atoms with van der Waals surface area (Å²) in [4.78, 5) is 135. The molecule has 0 aliphatic heterocycles. The van der Waals surface area contributed by atoms with E-state index in [2.05, 4.69) is 26.6 Å². The van der Waals surface area contributed by atoms with E-state index in [9.17, 15) is 83.6 Å². The second-order valence-corrected chi connectivity index (χ2v) is 14.6. The molecule has 0 saturated carbocycles. The van der Waals surface area contributed by atoms with Crippen LogP contribution in [0.2, 0.25) is 0 Å². The van der Waals surface area contributed by atoms with Gasteiger partial charge in [0.25, 0.3) is 0 Å². The van der Waals surface area contributed by atoms with Crippen LogP contribution in [0.25, 0.3) is 0 Å². The van der Waals surface area contributed by atoms with Crippen LogP contribution in [-0.4, -0.2) is 125 Å². The number of carbonyl (C=O) groups excluding carboxylic acids is 5. The monoisotopic (exact) mass is 918 g/mol. The van der Waals surface area contributed by atoms with Gasteiger partial charge >= 0.3 is 35.5 Å². The lowest BCUT2D eigenvalue weighted by atomic mass is 9.96. The van der Waals surface area contributed by atoms with Gasteiger partial charge < -0.3 is 62.0 Å². The number of nitro groups is 1. The van der Waals surface area contributed by atoms with Crippen molar-refractivity contribution in [1.29, 1.82) is 0 Å². The molecule has 0 bridgehead atoms. The standard InChI is InChI=1S/C40H50N6O19/c1-4-19(2)33(38(58)44-26(39(59)60)12-16-32(53)54)45-36(56)25(11-15-31(51)52)42-35(55)24(10-14-30(49)50)43-37(57)27(41-20(3)47)17-21-5-8-23(9-6-21)65-34(40(61)62)22-7-13-29(48)28(18-22)46(63)64/h5-9,13,18-19,24-27,33-34,48H,4,10-12,14-17H2,1-3H3,(H,41,47)(H,42,55)(H,43,57)(H,44,58)(H,45,56)(H,49,50)(H,51,52)(H,53,54)(H,59,60)(H,61,62)/t19-,24-,25-,26-,27-,33-,34?/m0/s1. The molecule has 5 amide bonds. The lowest BCUT2D eigenvalue weighted by Gasteiger charge is -2.28. The molecule has 2 rings (SSSR count). The maximum absolute atomic E-state index is 13.7. The molecule has 65 heavy (non-hydrogen) atoms. The van der Waals surface area contributed by atoms with Crippen molar-refractivity contribution in [3.05, 3.63) is 63.7 Å². The minimum atomic E-state index is -1.77. The molecule has 354 valence electrons. The second-order valence-electron chi connectivity index (χ2n) is 14.6. The van der Waals surface area contributed by atoms with Gasteiger partial charge in [0.15, 0.2) is 5.75 Å². The summed E-state index contributed by atoms with van der Waals surface area (Å²) in [5.41, 5.74) is -0.615. The van der Waals surface area contributed by atoms with Gasteiger partial charge in [-0.05, 0) is 48.9 Å². The molecule has 0 aliphatic rings. The molecule has 11 N–H and O–H groups in total. The van der Waals surface area contributed by atoms with Gasteiger partial charge in [0, 0.05) is 44.2 Å². The highest BCUT2D eigenvalue weighted by atomic mass is 16.6. The number of carboxylic acid groups (broad SMARTS) is 5. The zero-order chi connectivity index (χ0) is 49.1. The molecule has 0 aromatic heterocycles. The van der Waals surface area contributed by atoms with Crippen LogP contribution in [0, 0.1) is 16.0 Å². The molecule has 25 nitrogen and oxygen atoms in total. The predicted octanol–water partition coefficient (Wildman–Crippen LogP) is 0.217. The van der Waals surface area contributed by atoms with E-state index in [1.54, 1.807) is 6.92 Å². The third kappa shape index (κ3) is 17.8. The highest BCUT2D eigenvalue weighted by molar-refractivity contribution is 5.96. The zero-order valence-electron chi connectivity index (χ0n) is 35.2. The number of phenols is 1. The van der Waals surface area contributed by atoms with E-state index in [0.29, 0.717) is 5.56 Å². The van der Waals surface area contributed by atoms with Crippen molar-refractivity contribution in [3.8, 4) is 11.5 Å². The Kier molecular flexibility index (Phi) is 20.7. The quantitative estimate of drug-likeness (QED) is 0.0401. The third-order valence-electron chi connectivity index (χ3n) is 9.65. The first kappa shape index (κ1) is 53.3. The fourth-order valence-electron chi connectivity index (χ4n) is 6.00. The summed E-state index contributed by atoms with van der Waals surface area (Å²) in [7, 11) is 0. The average molecular weight is 919 g/mol. The maximum Gasteiger partial charge on any atom is 0.349 e. The molecular weight excluding hydrogens is 868 g/mol. The van der Waals surface area contributed by atoms with Crippen molar-refractivity contribution in [1.82, 2.24) is 26.6 Å². The summed E-state index contributed by atoms with van der Waals surface area (Å²) in [6.07, 6.45) is -5.55. The fourth-order valence-corrected chi connectivity index (χ4v) is 6.00. The SMILES string of the molecule is CC[C@H](C)[C@H](NC(=O)[C@H](CCC(=O)O)NC(=O)[C@H](CCC(=O)O)NC(=O)[C@H](Cc1ccc(OC(C(=O)O)c2ccc(O)c([N+](=O)[O-])c2)cc1)NC(C)=O)C(=O)N[C@@H](CCC(=O)O)C(=O)O. The van der Waals surface area contributed by atoms with Crippen molar-refractivity contribution in [3.63, 3.8) is 0 Å². The molecular formula is C40H50N6O19. The van der Waals surface area contributed by atoms with Crippen LogP contribution < -0.4 is 31.3 Å². The van der Waals surface area contributed by atoms with E-state index >= 15 is 0 Å². The number of carboxylic acids is 5. The van der Waals surface area contributed by atoms with Gasteiger partial charge in [0.05, 0.1) is 4.92 Å². The maximum atomic E-state index is 13.7. The Morgan fingerprint density at radius 1 is 0.646 bits per heavy atom. The van der Waals surface area contributed by atoms with Gasteiger partial charge in [0.1, 0.15) is 36.0 Å². The Morgan fingerprint density at radius 2 is 1.12 bits per heavy atom. The zero-order valence-corrected chi connectivity index (χ0v) is 35.2. The first-order chi connectivity index (χ1) is 30.4. The van der Waals surface area contributed by atoms with Gasteiger partial charge in [-0.15, -0.1) is 0 Å². The lowest BCUT2D eigenvalue weighted by Crippen LogP contribution is -2.60. The molecule has 2 aromatic rings. The molecule has 7 atom stereocenters. The molecule has 25 heteroatoms. The van der Waals surface area contributed by atoms with Gasteiger partial charge in [0.2, 0.25) is 35.6 Å². The van der Waals surface area contributed by atoms with Crippen LogP contribution in [0.15, 0.2) is 42.5 Å². The number of hydrogen-bond acceptors (Lipinski definition) is 14. The smallest absolute Gasteiger partial charge is 0.349 e. The number of hydrogen-bond donors (Lipinski definition) is 11. The Morgan fingerprint density at radius 3 is 1.57 bits per heavy atom. The molecule has 0 spiro atoms. The van der Waals surface area contributed by atoms with E-state index in [1.807, 2.05) is 0 Å². The first-order valence-electron chi connectivity index (χ1n) is 19.8.